The first kappa shape index (κ1) is 11.6. The highest BCUT2D eigenvalue weighted by atomic mass is 19.1. The second-order valence-electron chi connectivity index (χ2n) is 4.71. The smallest absolute Gasteiger partial charge is 0.123 e. The van der Waals surface area contributed by atoms with Crippen molar-refractivity contribution in [2.75, 3.05) is 0 Å². The van der Waals surface area contributed by atoms with Crippen LogP contribution in [-0.4, -0.2) is 11.2 Å². The molecular formula is C13H18FNO. The van der Waals surface area contributed by atoms with E-state index in [1.807, 2.05) is 6.92 Å². The highest BCUT2D eigenvalue weighted by Gasteiger charge is 2.31. The van der Waals surface area contributed by atoms with Crippen molar-refractivity contribution in [2.24, 2.45) is 11.7 Å². The van der Waals surface area contributed by atoms with Gasteiger partial charge in [0, 0.05) is 0 Å². The molecule has 1 aliphatic rings. The van der Waals surface area contributed by atoms with Crippen molar-refractivity contribution < 1.29 is 9.50 Å². The number of aryl methyl sites for hydroxylation is 1. The number of benzene rings is 1. The molecule has 0 saturated heterocycles. The fraction of sp³-hybridized carbons (Fsp3) is 0.538. The van der Waals surface area contributed by atoms with Crippen LogP contribution in [0.1, 0.15) is 36.4 Å². The Labute approximate surface area is 95.3 Å². The Bertz CT molecular complexity index is 376. The van der Waals surface area contributed by atoms with E-state index in [9.17, 15) is 9.50 Å². The van der Waals surface area contributed by atoms with Crippen molar-refractivity contribution in [1.29, 1.82) is 0 Å². The van der Waals surface area contributed by atoms with Crippen LogP contribution in [0.3, 0.4) is 0 Å². The minimum atomic E-state index is -0.547. The highest BCUT2D eigenvalue weighted by Crippen LogP contribution is 2.35. The number of hydrogen-bond donors (Lipinski definition) is 2. The summed E-state index contributed by atoms with van der Waals surface area (Å²) in [4.78, 5) is 0. The Morgan fingerprint density at radius 3 is 2.69 bits per heavy atom. The molecule has 0 heterocycles. The Balaban J connectivity index is 2.18. The van der Waals surface area contributed by atoms with E-state index in [0.29, 0.717) is 0 Å². The van der Waals surface area contributed by atoms with Crippen LogP contribution in [0.25, 0.3) is 0 Å². The summed E-state index contributed by atoms with van der Waals surface area (Å²) in [5, 5.41) is 10.1. The maximum atomic E-state index is 13.1. The molecule has 1 fully saturated rings. The van der Waals surface area contributed by atoms with Gasteiger partial charge < -0.3 is 10.8 Å². The average Bonchev–Trinajstić information content (AvgIpc) is 2.18. The molecule has 16 heavy (non-hydrogen) atoms. The van der Waals surface area contributed by atoms with Gasteiger partial charge in [0.25, 0.3) is 0 Å². The van der Waals surface area contributed by atoms with Crippen molar-refractivity contribution in [3.63, 3.8) is 0 Å². The standard InChI is InChI=1S/C13H18FNO/c1-8-5-6-10(14)7-11(8)12(15)13(16)9-3-2-4-9/h5-7,9,12-13,16H,2-4,15H2,1H3/t12-,13+/m0/s1. The van der Waals surface area contributed by atoms with Gasteiger partial charge >= 0.3 is 0 Å². The maximum absolute atomic E-state index is 13.1. The summed E-state index contributed by atoms with van der Waals surface area (Å²) in [6, 6.07) is 4.09. The Kier molecular flexibility index (Phi) is 3.26. The molecule has 0 unspecified atom stereocenters. The molecule has 0 aromatic heterocycles. The molecule has 2 atom stereocenters. The first-order chi connectivity index (χ1) is 7.59. The van der Waals surface area contributed by atoms with Gasteiger partial charge in [0.15, 0.2) is 0 Å². The fourth-order valence-electron chi connectivity index (χ4n) is 2.23. The van der Waals surface area contributed by atoms with Gasteiger partial charge in [-0.05, 0) is 48.9 Å². The minimum absolute atomic E-state index is 0.290. The van der Waals surface area contributed by atoms with Crippen molar-refractivity contribution in [1.82, 2.24) is 0 Å². The molecule has 2 nitrogen and oxygen atoms in total. The summed E-state index contributed by atoms with van der Waals surface area (Å²) in [5.41, 5.74) is 7.66. The average molecular weight is 223 g/mol. The number of rotatable bonds is 3. The summed E-state index contributed by atoms with van der Waals surface area (Å²) in [7, 11) is 0. The number of nitrogens with two attached hydrogens (primary N) is 1. The van der Waals surface area contributed by atoms with Crippen LogP contribution in [0.4, 0.5) is 4.39 Å². The topological polar surface area (TPSA) is 46.2 Å². The van der Waals surface area contributed by atoms with Crippen molar-refractivity contribution in [2.45, 2.75) is 38.3 Å². The van der Waals surface area contributed by atoms with E-state index in [-0.39, 0.29) is 11.7 Å². The molecule has 0 aliphatic heterocycles. The van der Waals surface area contributed by atoms with Crippen molar-refractivity contribution in [3.8, 4) is 0 Å². The van der Waals surface area contributed by atoms with Crippen LogP contribution in [0, 0.1) is 18.7 Å². The van der Waals surface area contributed by atoms with E-state index in [1.54, 1.807) is 6.07 Å². The second kappa shape index (κ2) is 4.52. The zero-order chi connectivity index (χ0) is 11.7. The van der Waals surface area contributed by atoms with E-state index < -0.39 is 12.1 Å². The van der Waals surface area contributed by atoms with Crippen LogP contribution in [-0.2, 0) is 0 Å². The van der Waals surface area contributed by atoms with Gasteiger partial charge in [-0.25, -0.2) is 4.39 Å². The van der Waals surface area contributed by atoms with E-state index >= 15 is 0 Å². The van der Waals surface area contributed by atoms with Crippen molar-refractivity contribution >= 4 is 0 Å². The fourth-order valence-corrected chi connectivity index (χ4v) is 2.23. The number of aliphatic hydroxyl groups excluding tert-OH is 1. The molecular weight excluding hydrogens is 205 g/mol. The Morgan fingerprint density at radius 2 is 2.12 bits per heavy atom. The molecule has 3 N–H and O–H groups in total. The molecule has 2 rings (SSSR count). The number of hydrogen-bond acceptors (Lipinski definition) is 2. The third-order valence-corrected chi connectivity index (χ3v) is 3.60. The van der Waals surface area contributed by atoms with E-state index in [0.717, 1.165) is 30.4 Å². The first-order valence-electron chi connectivity index (χ1n) is 5.79. The SMILES string of the molecule is Cc1ccc(F)cc1[C@H](N)[C@H](O)C1CCC1. The van der Waals surface area contributed by atoms with Gasteiger partial charge in [0.2, 0.25) is 0 Å². The summed E-state index contributed by atoms with van der Waals surface area (Å²) in [5.74, 6) is -0.00507. The van der Waals surface area contributed by atoms with Gasteiger partial charge in [-0.2, -0.15) is 0 Å². The normalized spacial score (nSPS) is 20.2. The highest BCUT2D eigenvalue weighted by molar-refractivity contribution is 5.30. The molecule has 1 aliphatic carbocycles. The van der Waals surface area contributed by atoms with Gasteiger partial charge in [-0.15, -0.1) is 0 Å². The quantitative estimate of drug-likeness (QED) is 0.826. The summed E-state index contributed by atoms with van der Waals surface area (Å²) < 4.78 is 13.1. The van der Waals surface area contributed by atoms with E-state index in [1.165, 1.54) is 12.1 Å². The minimum Gasteiger partial charge on any atom is -0.391 e. The summed E-state index contributed by atoms with van der Waals surface area (Å²) >= 11 is 0. The van der Waals surface area contributed by atoms with Gasteiger partial charge in [-0.1, -0.05) is 12.5 Å². The second-order valence-corrected chi connectivity index (χ2v) is 4.71. The lowest BCUT2D eigenvalue weighted by Gasteiger charge is -2.34. The van der Waals surface area contributed by atoms with Crippen LogP contribution in [0.15, 0.2) is 18.2 Å². The lowest BCUT2D eigenvalue weighted by Crippen LogP contribution is -2.36. The maximum Gasteiger partial charge on any atom is 0.123 e. The summed E-state index contributed by atoms with van der Waals surface area (Å²) in [6.45, 7) is 1.89. The molecule has 88 valence electrons. The number of aliphatic hydroxyl groups is 1. The molecule has 0 radical (unpaired) electrons. The van der Waals surface area contributed by atoms with Gasteiger partial charge in [0.05, 0.1) is 12.1 Å². The van der Waals surface area contributed by atoms with Gasteiger partial charge in [0.1, 0.15) is 5.82 Å². The van der Waals surface area contributed by atoms with Crippen LogP contribution >= 0.6 is 0 Å². The Morgan fingerprint density at radius 1 is 1.44 bits per heavy atom. The largest absolute Gasteiger partial charge is 0.391 e. The summed E-state index contributed by atoms with van der Waals surface area (Å²) in [6.07, 6.45) is 2.68. The molecule has 0 amide bonds. The molecule has 1 saturated carbocycles. The van der Waals surface area contributed by atoms with E-state index in [4.69, 9.17) is 5.73 Å². The molecule has 0 bridgehead atoms. The van der Waals surface area contributed by atoms with Crippen LogP contribution in [0.2, 0.25) is 0 Å². The first-order valence-corrected chi connectivity index (χ1v) is 5.79. The third-order valence-electron chi connectivity index (χ3n) is 3.60. The van der Waals surface area contributed by atoms with E-state index in [2.05, 4.69) is 0 Å². The molecule has 1 aromatic rings. The predicted octanol–water partition coefficient (Wildman–Crippen LogP) is 2.29. The predicted molar refractivity (Wildman–Crippen MR) is 61.4 cm³/mol. The van der Waals surface area contributed by atoms with Gasteiger partial charge in [-0.3, -0.25) is 0 Å². The lowest BCUT2D eigenvalue weighted by molar-refractivity contribution is 0.0411. The zero-order valence-corrected chi connectivity index (χ0v) is 9.49. The third kappa shape index (κ3) is 2.11. The molecule has 3 heteroatoms. The molecule has 0 spiro atoms. The zero-order valence-electron chi connectivity index (χ0n) is 9.49. The monoisotopic (exact) mass is 223 g/mol. The van der Waals surface area contributed by atoms with Crippen LogP contribution < -0.4 is 5.73 Å². The molecule has 1 aromatic carbocycles. The lowest BCUT2D eigenvalue weighted by atomic mass is 9.77. The Hall–Kier alpha value is -0.930. The van der Waals surface area contributed by atoms with Crippen LogP contribution in [0.5, 0.6) is 0 Å². The van der Waals surface area contributed by atoms with Crippen molar-refractivity contribution in [3.05, 3.63) is 35.1 Å². The number of halogens is 1.